The summed E-state index contributed by atoms with van der Waals surface area (Å²) in [7, 11) is 3.10. The molecule has 0 atom stereocenters. The molecule has 0 saturated heterocycles. The van der Waals surface area contributed by atoms with E-state index in [1.807, 2.05) is 13.8 Å². The van der Waals surface area contributed by atoms with Gasteiger partial charge < -0.3 is 20.1 Å². The van der Waals surface area contributed by atoms with Crippen LogP contribution in [0.3, 0.4) is 0 Å². The van der Waals surface area contributed by atoms with Gasteiger partial charge in [-0.2, -0.15) is 0 Å². The summed E-state index contributed by atoms with van der Waals surface area (Å²) in [6.45, 7) is 6.10. The zero-order valence-electron chi connectivity index (χ0n) is 17.2. The zero-order chi connectivity index (χ0) is 21.0. The third kappa shape index (κ3) is 4.63. The first-order chi connectivity index (χ1) is 13.9. The highest BCUT2D eigenvalue weighted by Gasteiger charge is 2.14. The summed E-state index contributed by atoms with van der Waals surface area (Å²) >= 11 is 0. The van der Waals surface area contributed by atoms with Gasteiger partial charge >= 0.3 is 0 Å². The first-order valence-electron chi connectivity index (χ1n) is 9.12. The Bertz CT molecular complexity index is 1030. The van der Waals surface area contributed by atoms with Crippen molar-refractivity contribution in [2.24, 2.45) is 0 Å². The summed E-state index contributed by atoms with van der Waals surface area (Å²) in [5.74, 6) is 1.12. The van der Waals surface area contributed by atoms with Crippen LogP contribution in [0, 0.1) is 20.8 Å². The number of nitrogens with zero attached hydrogens (tertiary/aromatic N) is 2. The smallest absolute Gasteiger partial charge is 0.274 e. The van der Waals surface area contributed by atoms with Gasteiger partial charge in [0.15, 0.2) is 0 Å². The molecule has 0 aliphatic rings. The van der Waals surface area contributed by atoms with Crippen LogP contribution in [0.2, 0.25) is 0 Å². The van der Waals surface area contributed by atoms with Gasteiger partial charge in [0, 0.05) is 18.0 Å². The lowest BCUT2D eigenvalue weighted by Crippen LogP contribution is -2.15. The summed E-state index contributed by atoms with van der Waals surface area (Å²) < 4.78 is 10.5. The number of hydrogen-bond donors (Lipinski definition) is 2. The Morgan fingerprint density at radius 2 is 1.69 bits per heavy atom. The van der Waals surface area contributed by atoms with Crippen LogP contribution in [-0.4, -0.2) is 30.1 Å². The minimum atomic E-state index is -0.365. The lowest BCUT2D eigenvalue weighted by atomic mass is 10.1. The molecule has 1 amide bonds. The van der Waals surface area contributed by atoms with Crippen LogP contribution in [0.4, 0.5) is 17.3 Å². The molecule has 0 aliphatic heterocycles. The van der Waals surface area contributed by atoms with E-state index in [4.69, 9.17) is 9.47 Å². The minimum absolute atomic E-state index is 0.239. The second-order valence-electron chi connectivity index (χ2n) is 6.68. The van der Waals surface area contributed by atoms with E-state index in [2.05, 4.69) is 39.7 Å². The van der Waals surface area contributed by atoms with Crippen LogP contribution < -0.4 is 20.1 Å². The molecule has 150 valence electrons. The molecule has 29 heavy (non-hydrogen) atoms. The Kier molecular flexibility index (Phi) is 5.97. The van der Waals surface area contributed by atoms with Crippen molar-refractivity contribution in [2.45, 2.75) is 20.8 Å². The maximum Gasteiger partial charge on any atom is 0.274 e. The van der Waals surface area contributed by atoms with Gasteiger partial charge in [0.25, 0.3) is 5.91 Å². The van der Waals surface area contributed by atoms with Crippen molar-refractivity contribution in [3.05, 3.63) is 65.0 Å². The molecule has 1 aromatic heterocycles. The molecule has 0 spiro atoms. The maximum atomic E-state index is 12.7. The van der Waals surface area contributed by atoms with Crippen LogP contribution >= 0.6 is 0 Å². The predicted molar refractivity (Wildman–Crippen MR) is 113 cm³/mol. The molecule has 0 bridgehead atoms. The number of anilines is 3. The van der Waals surface area contributed by atoms with E-state index in [1.54, 1.807) is 37.6 Å². The lowest BCUT2D eigenvalue weighted by molar-refractivity contribution is 0.102. The molecule has 1 heterocycles. The highest BCUT2D eigenvalue weighted by molar-refractivity contribution is 6.03. The number of ether oxygens (including phenoxy) is 2. The van der Waals surface area contributed by atoms with Crippen LogP contribution in [0.25, 0.3) is 0 Å². The second-order valence-corrected chi connectivity index (χ2v) is 6.68. The van der Waals surface area contributed by atoms with Crippen molar-refractivity contribution >= 4 is 23.2 Å². The largest absolute Gasteiger partial charge is 0.497 e. The van der Waals surface area contributed by atoms with Gasteiger partial charge in [0.05, 0.1) is 19.9 Å². The van der Waals surface area contributed by atoms with Gasteiger partial charge in [-0.15, -0.1) is 0 Å². The zero-order valence-corrected chi connectivity index (χ0v) is 17.2. The van der Waals surface area contributed by atoms with E-state index in [9.17, 15) is 4.79 Å². The van der Waals surface area contributed by atoms with Gasteiger partial charge in [-0.05, 0) is 50.1 Å². The van der Waals surface area contributed by atoms with Crippen molar-refractivity contribution < 1.29 is 14.3 Å². The number of aromatic nitrogens is 2. The van der Waals surface area contributed by atoms with Gasteiger partial charge in [-0.1, -0.05) is 17.7 Å². The number of methoxy groups -OCH3 is 2. The SMILES string of the molecule is COc1ccc(NC(=O)c2ccnc(Nc3c(C)cc(C)cc3C)n2)c(OC)c1. The highest BCUT2D eigenvalue weighted by Crippen LogP contribution is 2.29. The van der Waals surface area contributed by atoms with E-state index in [-0.39, 0.29) is 11.6 Å². The van der Waals surface area contributed by atoms with Crippen molar-refractivity contribution in [2.75, 3.05) is 24.9 Å². The van der Waals surface area contributed by atoms with E-state index in [0.29, 0.717) is 23.1 Å². The van der Waals surface area contributed by atoms with E-state index in [0.717, 1.165) is 16.8 Å². The van der Waals surface area contributed by atoms with Crippen LogP contribution in [-0.2, 0) is 0 Å². The Morgan fingerprint density at radius 3 is 2.34 bits per heavy atom. The van der Waals surface area contributed by atoms with Crippen molar-refractivity contribution in [3.8, 4) is 11.5 Å². The van der Waals surface area contributed by atoms with Gasteiger partial charge in [0.2, 0.25) is 5.95 Å². The average Bonchev–Trinajstić information content (AvgIpc) is 2.71. The number of carbonyl (C=O) groups is 1. The molecule has 0 fully saturated rings. The first kappa shape index (κ1) is 20.1. The summed E-state index contributed by atoms with van der Waals surface area (Å²) in [4.78, 5) is 21.3. The van der Waals surface area contributed by atoms with Crippen LogP contribution in [0.1, 0.15) is 27.2 Å². The second kappa shape index (κ2) is 8.60. The fraction of sp³-hybridized carbons (Fsp3) is 0.227. The van der Waals surface area contributed by atoms with E-state index >= 15 is 0 Å². The molecule has 7 nitrogen and oxygen atoms in total. The van der Waals surface area contributed by atoms with Crippen LogP contribution in [0.5, 0.6) is 11.5 Å². The molecule has 2 aromatic carbocycles. The van der Waals surface area contributed by atoms with E-state index in [1.165, 1.54) is 12.7 Å². The monoisotopic (exact) mass is 392 g/mol. The summed E-state index contributed by atoms with van der Waals surface area (Å²) in [5, 5.41) is 6.03. The molecule has 7 heteroatoms. The number of hydrogen-bond acceptors (Lipinski definition) is 6. The molecule has 0 aliphatic carbocycles. The fourth-order valence-corrected chi connectivity index (χ4v) is 3.12. The standard InChI is InChI=1S/C22H24N4O3/c1-13-10-14(2)20(15(3)11-13)26-22-23-9-8-18(25-22)21(27)24-17-7-6-16(28-4)12-19(17)29-5/h6-12H,1-5H3,(H,24,27)(H,23,25,26). The third-order valence-electron chi connectivity index (χ3n) is 4.46. The normalized spacial score (nSPS) is 10.4. The fourth-order valence-electron chi connectivity index (χ4n) is 3.12. The average molecular weight is 392 g/mol. The third-order valence-corrected chi connectivity index (χ3v) is 4.46. The van der Waals surface area contributed by atoms with Crippen LogP contribution in [0.15, 0.2) is 42.6 Å². The van der Waals surface area contributed by atoms with Crippen molar-refractivity contribution in [1.82, 2.24) is 9.97 Å². The number of rotatable bonds is 6. The summed E-state index contributed by atoms with van der Waals surface area (Å²) in [5.41, 5.74) is 5.06. The molecule has 3 rings (SSSR count). The Labute approximate surface area is 170 Å². The molecule has 0 radical (unpaired) electrons. The molecule has 0 saturated carbocycles. The molecule has 0 unspecified atom stereocenters. The molecular weight excluding hydrogens is 368 g/mol. The van der Waals surface area contributed by atoms with Gasteiger partial charge in [-0.25, -0.2) is 9.97 Å². The summed E-state index contributed by atoms with van der Waals surface area (Å²) in [6.07, 6.45) is 1.55. The Morgan fingerprint density at radius 1 is 0.966 bits per heavy atom. The maximum absolute atomic E-state index is 12.7. The molecular formula is C22H24N4O3. The minimum Gasteiger partial charge on any atom is -0.497 e. The molecule has 3 aromatic rings. The number of carbonyl (C=O) groups excluding carboxylic acids is 1. The van der Waals surface area contributed by atoms with E-state index < -0.39 is 0 Å². The predicted octanol–water partition coefficient (Wildman–Crippen LogP) is 4.41. The quantitative estimate of drug-likeness (QED) is 0.646. The Balaban J connectivity index is 1.82. The highest BCUT2D eigenvalue weighted by atomic mass is 16.5. The number of benzene rings is 2. The van der Waals surface area contributed by atoms with Crippen molar-refractivity contribution in [1.29, 1.82) is 0 Å². The topological polar surface area (TPSA) is 85.4 Å². The van der Waals surface area contributed by atoms with Gasteiger partial charge in [-0.3, -0.25) is 4.79 Å². The number of nitrogens with one attached hydrogen (secondary N) is 2. The number of amides is 1. The molecule has 2 N–H and O–H groups in total. The van der Waals surface area contributed by atoms with Crippen molar-refractivity contribution in [3.63, 3.8) is 0 Å². The number of aryl methyl sites for hydroxylation is 3. The summed E-state index contributed by atoms with van der Waals surface area (Å²) in [6, 6.07) is 10.9. The van der Waals surface area contributed by atoms with Gasteiger partial charge in [0.1, 0.15) is 17.2 Å². The lowest BCUT2D eigenvalue weighted by Gasteiger charge is -2.14. The first-order valence-corrected chi connectivity index (χ1v) is 9.12. The Hall–Kier alpha value is -3.61.